The fourth-order valence-electron chi connectivity index (χ4n) is 3.14. The fourth-order valence-corrected chi connectivity index (χ4v) is 3.14. The van der Waals surface area contributed by atoms with Crippen LogP contribution < -0.4 is 4.74 Å². The van der Waals surface area contributed by atoms with Gasteiger partial charge in [-0.05, 0) is 55.0 Å². The van der Waals surface area contributed by atoms with Crippen LogP contribution in [0.25, 0.3) is 11.1 Å². The summed E-state index contributed by atoms with van der Waals surface area (Å²) in [5, 5.41) is 9.46. The number of benzene rings is 2. The Morgan fingerprint density at radius 2 is 1.93 bits per heavy atom. The number of halogens is 3. The van der Waals surface area contributed by atoms with Gasteiger partial charge in [0.25, 0.3) is 0 Å². The topological polar surface area (TPSA) is 46.5 Å². The lowest BCUT2D eigenvalue weighted by atomic mass is 9.91. The summed E-state index contributed by atoms with van der Waals surface area (Å²) < 4.78 is 44.7. The van der Waals surface area contributed by atoms with Crippen LogP contribution in [0.4, 0.5) is 13.2 Å². The fraction of sp³-hybridized carbons (Fsp3) is 0.381. The van der Waals surface area contributed by atoms with E-state index >= 15 is 0 Å². The summed E-state index contributed by atoms with van der Waals surface area (Å²) in [6.07, 6.45) is -0.287. The van der Waals surface area contributed by atoms with Gasteiger partial charge in [0.1, 0.15) is 11.6 Å². The number of aliphatic carboxylic acids is 1. The zero-order valence-electron chi connectivity index (χ0n) is 14.7. The Kier molecular flexibility index (Phi) is 6.04. The molecule has 1 fully saturated rings. The first kappa shape index (κ1) is 19.3. The van der Waals surface area contributed by atoms with Gasteiger partial charge in [0.05, 0.1) is 12.0 Å². The number of hydrogen-bond acceptors (Lipinski definition) is 2. The van der Waals surface area contributed by atoms with Gasteiger partial charge in [0.15, 0.2) is 0 Å². The van der Waals surface area contributed by atoms with Crippen LogP contribution in [0.5, 0.6) is 5.75 Å². The Morgan fingerprint density at radius 3 is 2.52 bits per heavy atom. The third-order valence-corrected chi connectivity index (χ3v) is 4.86. The lowest BCUT2D eigenvalue weighted by Crippen LogP contribution is -2.25. The van der Waals surface area contributed by atoms with Crippen molar-refractivity contribution >= 4 is 5.97 Å². The molecule has 2 aromatic carbocycles. The number of carbonyl (C=O) groups is 1. The van der Waals surface area contributed by atoms with Crippen LogP contribution in [0.2, 0.25) is 0 Å². The summed E-state index contributed by atoms with van der Waals surface area (Å²) >= 11 is 0. The zero-order chi connectivity index (χ0) is 19.4. The largest absolute Gasteiger partial charge is 0.490 e. The molecule has 0 spiro atoms. The predicted octanol–water partition coefficient (Wildman–Crippen LogP) is 5.64. The van der Waals surface area contributed by atoms with Gasteiger partial charge in [0, 0.05) is 12.0 Å². The average molecular weight is 378 g/mol. The summed E-state index contributed by atoms with van der Waals surface area (Å²) in [5.74, 6) is -2.11. The van der Waals surface area contributed by atoms with Crippen molar-refractivity contribution < 1.29 is 27.8 Å². The van der Waals surface area contributed by atoms with Crippen molar-refractivity contribution in [1.29, 1.82) is 0 Å². The van der Waals surface area contributed by atoms with Crippen LogP contribution in [-0.4, -0.2) is 23.6 Å². The molecule has 3 nitrogen and oxygen atoms in total. The van der Waals surface area contributed by atoms with E-state index in [4.69, 9.17) is 4.74 Å². The molecule has 27 heavy (non-hydrogen) atoms. The summed E-state index contributed by atoms with van der Waals surface area (Å²) in [6, 6.07) is 10.9. The molecule has 0 bridgehead atoms. The first-order valence-electron chi connectivity index (χ1n) is 9.01. The Bertz CT molecular complexity index is 803. The van der Waals surface area contributed by atoms with Crippen molar-refractivity contribution in [2.24, 2.45) is 0 Å². The summed E-state index contributed by atoms with van der Waals surface area (Å²) in [7, 11) is 0. The van der Waals surface area contributed by atoms with Crippen LogP contribution >= 0.6 is 0 Å². The summed E-state index contributed by atoms with van der Waals surface area (Å²) in [4.78, 5) is 11.6. The number of alkyl halides is 2. The minimum absolute atomic E-state index is 0.0388. The highest BCUT2D eigenvalue weighted by molar-refractivity contribution is 5.78. The summed E-state index contributed by atoms with van der Waals surface area (Å²) in [6.45, 7) is 0. The SMILES string of the molecule is O=C(O)C(CCC(F)F)c1ccc(-c2cccc(F)c2)c(OC2CCC2)c1. The third-order valence-electron chi connectivity index (χ3n) is 4.86. The highest BCUT2D eigenvalue weighted by atomic mass is 19.3. The molecule has 1 atom stereocenters. The maximum absolute atomic E-state index is 13.6. The van der Waals surface area contributed by atoms with Crippen molar-refractivity contribution in [3.05, 3.63) is 53.8 Å². The monoisotopic (exact) mass is 378 g/mol. The Balaban J connectivity index is 1.96. The molecule has 0 aromatic heterocycles. The zero-order valence-corrected chi connectivity index (χ0v) is 14.7. The van der Waals surface area contributed by atoms with Gasteiger partial charge in [-0.15, -0.1) is 0 Å². The maximum Gasteiger partial charge on any atom is 0.310 e. The van der Waals surface area contributed by atoms with Crippen molar-refractivity contribution in [3.8, 4) is 16.9 Å². The third kappa shape index (κ3) is 4.81. The van der Waals surface area contributed by atoms with E-state index in [9.17, 15) is 23.1 Å². The second-order valence-corrected chi connectivity index (χ2v) is 6.80. The van der Waals surface area contributed by atoms with E-state index in [1.807, 2.05) is 0 Å². The second-order valence-electron chi connectivity index (χ2n) is 6.80. The lowest BCUT2D eigenvalue weighted by molar-refractivity contribution is -0.139. The quantitative estimate of drug-likeness (QED) is 0.647. The van der Waals surface area contributed by atoms with Crippen LogP contribution in [0.15, 0.2) is 42.5 Å². The van der Waals surface area contributed by atoms with Gasteiger partial charge in [-0.1, -0.05) is 24.3 Å². The Hall–Kier alpha value is -2.50. The van der Waals surface area contributed by atoms with Crippen molar-refractivity contribution in [2.45, 2.75) is 50.6 Å². The van der Waals surface area contributed by atoms with E-state index < -0.39 is 24.7 Å². The van der Waals surface area contributed by atoms with E-state index in [-0.39, 0.29) is 18.3 Å². The number of carboxylic acids is 1. The van der Waals surface area contributed by atoms with Crippen molar-refractivity contribution in [3.63, 3.8) is 0 Å². The van der Waals surface area contributed by atoms with Crippen molar-refractivity contribution in [2.75, 3.05) is 0 Å². The number of rotatable bonds is 8. The Morgan fingerprint density at radius 1 is 1.15 bits per heavy atom. The van der Waals surface area contributed by atoms with Gasteiger partial charge < -0.3 is 9.84 Å². The minimum atomic E-state index is -2.55. The lowest BCUT2D eigenvalue weighted by Gasteiger charge is -2.28. The summed E-state index contributed by atoms with van der Waals surface area (Å²) in [5.41, 5.74) is 1.69. The molecule has 0 heterocycles. The molecule has 1 aliphatic rings. The van der Waals surface area contributed by atoms with Crippen LogP contribution in [0, 0.1) is 5.82 Å². The van der Waals surface area contributed by atoms with Crippen LogP contribution in [0.1, 0.15) is 43.6 Å². The molecule has 0 radical (unpaired) electrons. The number of ether oxygens (including phenoxy) is 1. The molecular weight excluding hydrogens is 357 g/mol. The highest BCUT2D eigenvalue weighted by Gasteiger charge is 2.25. The molecule has 3 rings (SSSR count). The van der Waals surface area contributed by atoms with Crippen LogP contribution in [0.3, 0.4) is 0 Å². The van der Waals surface area contributed by atoms with E-state index in [2.05, 4.69) is 0 Å². The molecule has 6 heteroatoms. The Labute approximate surface area is 155 Å². The molecule has 1 saturated carbocycles. The molecule has 1 unspecified atom stereocenters. The van der Waals surface area contributed by atoms with E-state index in [0.717, 1.165) is 19.3 Å². The molecule has 0 aliphatic heterocycles. The molecule has 0 saturated heterocycles. The van der Waals surface area contributed by atoms with Crippen LogP contribution in [-0.2, 0) is 4.79 Å². The molecular formula is C21H21F3O3. The molecule has 2 aromatic rings. The molecule has 1 N–H and O–H groups in total. The normalized spacial score (nSPS) is 15.4. The average Bonchev–Trinajstić information content (AvgIpc) is 2.58. The van der Waals surface area contributed by atoms with E-state index in [0.29, 0.717) is 22.4 Å². The van der Waals surface area contributed by atoms with Gasteiger partial charge in [-0.2, -0.15) is 0 Å². The first-order chi connectivity index (χ1) is 12.9. The number of carboxylic acid groups (broad SMARTS) is 1. The predicted molar refractivity (Wildman–Crippen MR) is 95.7 cm³/mol. The van der Waals surface area contributed by atoms with E-state index in [1.54, 1.807) is 30.3 Å². The second kappa shape index (κ2) is 8.46. The van der Waals surface area contributed by atoms with Crippen molar-refractivity contribution in [1.82, 2.24) is 0 Å². The maximum atomic E-state index is 13.6. The number of hydrogen-bond donors (Lipinski definition) is 1. The molecule has 1 aliphatic carbocycles. The van der Waals surface area contributed by atoms with Gasteiger partial charge >= 0.3 is 5.97 Å². The van der Waals surface area contributed by atoms with Gasteiger partial charge in [-0.25, -0.2) is 13.2 Å². The van der Waals surface area contributed by atoms with Gasteiger partial charge in [0.2, 0.25) is 6.43 Å². The molecule has 0 amide bonds. The highest BCUT2D eigenvalue weighted by Crippen LogP contribution is 2.37. The first-order valence-corrected chi connectivity index (χ1v) is 9.01. The standard InChI is InChI=1S/C21H21F3O3/c22-15-4-1-3-13(11-15)17-8-7-14(12-19(17)27-16-5-2-6-16)18(21(25)26)9-10-20(23)24/h1,3-4,7-8,11-12,16,18,20H,2,5-6,9-10H2,(H,25,26). The van der Waals surface area contributed by atoms with Gasteiger partial charge in [-0.3, -0.25) is 4.79 Å². The molecule has 144 valence electrons. The smallest absolute Gasteiger partial charge is 0.310 e. The van der Waals surface area contributed by atoms with E-state index in [1.165, 1.54) is 12.1 Å². The minimum Gasteiger partial charge on any atom is -0.490 e.